The second-order valence-corrected chi connectivity index (χ2v) is 6.31. The average molecular weight is 333 g/mol. The lowest BCUT2D eigenvalue weighted by molar-refractivity contribution is -0.145. The smallest absolute Gasteiger partial charge is 0.416 e. The van der Waals surface area contributed by atoms with E-state index in [-0.39, 0.29) is 19.1 Å². The Hall–Kier alpha value is -2.37. The molecule has 2 amide bonds. The van der Waals surface area contributed by atoms with E-state index in [9.17, 15) is 14.4 Å². The molecular formula is C18H23NO5. The zero-order chi connectivity index (χ0) is 17.7. The molecule has 2 atom stereocenters. The van der Waals surface area contributed by atoms with Crippen LogP contribution in [0.2, 0.25) is 0 Å². The molecule has 0 bridgehead atoms. The quantitative estimate of drug-likeness (QED) is 0.749. The molecule has 0 saturated carbocycles. The van der Waals surface area contributed by atoms with Crippen LogP contribution in [0.15, 0.2) is 30.3 Å². The minimum atomic E-state index is -0.739. The number of esters is 1. The van der Waals surface area contributed by atoms with Crippen molar-refractivity contribution in [2.24, 2.45) is 5.92 Å². The monoisotopic (exact) mass is 333 g/mol. The zero-order valence-corrected chi connectivity index (χ0v) is 14.2. The molecule has 1 aliphatic heterocycles. The number of methoxy groups -OCH3 is 1. The van der Waals surface area contributed by atoms with Gasteiger partial charge in [-0.15, -0.1) is 0 Å². The van der Waals surface area contributed by atoms with Crippen molar-refractivity contribution in [3.8, 4) is 0 Å². The van der Waals surface area contributed by atoms with Crippen LogP contribution < -0.4 is 0 Å². The summed E-state index contributed by atoms with van der Waals surface area (Å²) in [7, 11) is 1.29. The lowest BCUT2D eigenvalue weighted by atomic mass is 9.94. The van der Waals surface area contributed by atoms with Crippen LogP contribution in [0.5, 0.6) is 0 Å². The number of carbonyl (C=O) groups is 3. The van der Waals surface area contributed by atoms with Crippen molar-refractivity contribution in [3.63, 3.8) is 0 Å². The van der Waals surface area contributed by atoms with Crippen LogP contribution in [0.4, 0.5) is 4.79 Å². The summed E-state index contributed by atoms with van der Waals surface area (Å²) < 4.78 is 9.85. The van der Waals surface area contributed by atoms with Gasteiger partial charge in [-0.25, -0.2) is 9.69 Å². The van der Waals surface area contributed by atoms with Crippen molar-refractivity contribution in [1.29, 1.82) is 0 Å². The second kappa shape index (κ2) is 7.95. The number of cyclic esters (lactones) is 1. The Morgan fingerprint density at radius 2 is 1.96 bits per heavy atom. The highest BCUT2D eigenvalue weighted by molar-refractivity contribution is 5.96. The first-order chi connectivity index (χ1) is 11.4. The van der Waals surface area contributed by atoms with E-state index in [1.165, 1.54) is 7.11 Å². The van der Waals surface area contributed by atoms with Gasteiger partial charge in [0.25, 0.3) is 0 Å². The van der Waals surface area contributed by atoms with Crippen LogP contribution in [0.3, 0.4) is 0 Å². The van der Waals surface area contributed by atoms with E-state index >= 15 is 0 Å². The van der Waals surface area contributed by atoms with Crippen molar-refractivity contribution < 1.29 is 23.9 Å². The van der Waals surface area contributed by atoms with E-state index in [1.807, 2.05) is 19.9 Å². The molecule has 1 aliphatic rings. The number of benzene rings is 1. The third kappa shape index (κ3) is 4.13. The maximum Gasteiger partial charge on any atom is 0.416 e. The summed E-state index contributed by atoms with van der Waals surface area (Å²) in [6, 6.07) is 8.67. The molecule has 1 saturated heterocycles. The number of hydrogen-bond acceptors (Lipinski definition) is 5. The summed E-state index contributed by atoms with van der Waals surface area (Å²) in [6.45, 7) is 4.25. The molecule has 0 aliphatic carbocycles. The number of nitrogens with zero attached hydrogens (tertiary/aromatic N) is 1. The van der Waals surface area contributed by atoms with Gasteiger partial charge in [0, 0.05) is 6.42 Å². The molecule has 0 unspecified atom stereocenters. The Kier molecular flexibility index (Phi) is 5.95. The van der Waals surface area contributed by atoms with Gasteiger partial charge < -0.3 is 9.47 Å². The second-order valence-electron chi connectivity index (χ2n) is 6.31. The van der Waals surface area contributed by atoms with E-state index in [4.69, 9.17) is 9.47 Å². The third-order valence-corrected chi connectivity index (χ3v) is 4.04. The van der Waals surface area contributed by atoms with E-state index in [0.29, 0.717) is 17.9 Å². The SMILES string of the molecule is COC(=O)[C@H](CC(=O)N1C(=O)OC[C@@H]1CC(C)C)c1ccccc1. The van der Waals surface area contributed by atoms with Crippen LogP contribution in [0.1, 0.15) is 38.2 Å². The van der Waals surface area contributed by atoms with Crippen molar-refractivity contribution in [1.82, 2.24) is 4.90 Å². The summed E-state index contributed by atoms with van der Waals surface area (Å²) in [5, 5.41) is 0. The molecule has 6 heteroatoms. The number of hydrogen-bond donors (Lipinski definition) is 0. The van der Waals surface area contributed by atoms with Crippen LogP contribution in [0.25, 0.3) is 0 Å². The van der Waals surface area contributed by atoms with Gasteiger partial charge in [-0.05, 0) is 17.9 Å². The van der Waals surface area contributed by atoms with Gasteiger partial charge in [0.1, 0.15) is 6.61 Å². The fourth-order valence-corrected chi connectivity index (χ4v) is 2.92. The van der Waals surface area contributed by atoms with Gasteiger partial charge in [-0.2, -0.15) is 0 Å². The summed E-state index contributed by atoms with van der Waals surface area (Å²) in [6.07, 6.45) is -0.0890. The highest BCUT2D eigenvalue weighted by Crippen LogP contribution is 2.26. The van der Waals surface area contributed by atoms with Crippen LogP contribution in [-0.2, 0) is 19.1 Å². The summed E-state index contributed by atoms with van der Waals surface area (Å²) in [5.41, 5.74) is 0.686. The Balaban J connectivity index is 2.17. The number of rotatable bonds is 6. The topological polar surface area (TPSA) is 72.9 Å². The number of amides is 2. The highest BCUT2D eigenvalue weighted by Gasteiger charge is 2.39. The Bertz CT molecular complexity index is 599. The molecule has 1 aromatic rings. The maximum absolute atomic E-state index is 12.7. The molecule has 0 N–H and O–H groups in total. The van der Waals surface area contributed by atoms with Crippen LogP contribution in [-0.4, -0.2) is 42.6 Å². The standard InChI is InChI=1S/C18H23NO5/c1-12(2)9-14-11-24-18(22)19(14)16(20)10-15(17(21)23-3)13-7-5-4-6-8-13/h4-8,12,14-15H,9-11H2,1-3H3/t14-,15+/m0/s1. The Labute approximate surface area is 141 Å². The summed E-state index contributed by atoms with van der Waals surface area (Å²) in [4.78, 5) is 37.8. The van der Waals surface area contributed by atoms with Crippen LogP contribution in [0, 0.1) is 5.92 Å². The first kappa shape index (κ1) is 18.0. The first-order valence-electron chi connectivity index (χ1n) is 8.05. The lowest BCUT2D eigenvalue weighted by Gasteiger charge is -2.23. The van der Waals surface area contributed by atoms with E-state index < -0.39 is 23.9 Å². The third-order valence-electron chi connectivity index (χ3n) is 4.04. The fourth-order valence-electron chi connectivity index (χ4n) is 2.92. The van der Waals surface area contributed by atoms with Gasteiger partial charge in [0.05, 0.1) is 19.1 Å². The highest BCUT2D eigenvalue weighted by atomic mass is 16.6. The van der Waals surface area contributed by atoms with Crippen LogP contribution >= 0.6 is 0 Å². The fraction of sp³-hybridized carbons (Fsp3) is 0.500. The lowest BCUT2D eigenvalue weighted by Crippen LogP contribution is -2.40. The van der Waals surface area contributed by atoms with Crippen molar-refractivity contribution in [2.75, 3.05) is 13.7 Å². The Morgan fingerprint density at radius 3 is 2.54 bits per heavy atom. The van der Waals surface area contributed by atoms with Crippen molar-refractivity contribution >= 4 is 18.0 Å². The van der Waals surface area contributed by atoms with Gasteiger partial charge >= 0.3 is 12.1 Å². The number of carbonyl (C=O) groups excluding carboxylic acids is 3. The molecule has 0 aromatic heterocycles. The van der Waals surface area contributed by atoms with Crippen molar-refractivity contribution in [3.05, 3.63) is 35.9 Å². The minimum Gasteiger partial charge on any atom is -0.469 e. The van der Waals surface area contributed by atoms with Gasteiger partial charge in [-0.3, -0.25) is 9.59 Å². The predicted octanol–water partition coefficient (Wildman–Crippen LogP) is 2.73. The zero-order valence-electron chi connectivity index (χ0n) is 14.2. The average Bonchev–Trinajstić information content (AvgIpc) is 2.92. The summed E-state index contributed by atoms with van der Waals surface area (Å²) in [5.74, 6) is -1.33. The normalized spacial score (nSPS) is 18.4. The molecular weight excluding hydrogens is 310 g/mol. The van der Waals surface area contributed by atoms with E-state index in [0.717, 1.165) is 4.90 Å². The Morgan fingerprint density at radius 1 is 1.29 bits per heavy atom. The molecule has 0 radical (unpaired) electrons. The molecule has 1 aromatic carbocycles. The molecule has 6 nitrogen and oxygen atoms in total. The molecule has 24 heavy (non-hydrogen) atoms. The molecule has 2 rings (SSSR count). The van der Waals surface area contributed by atoms with E-state index in [1.54, 1.807) is 24.3 Å². The summed E-state index contributed by atoms with van der Waals surface area (Å²) >= 11 is 0. The molecule has 1 fully saturated rings. The van der Waals surface area contributed by atoms with Gasteiger partial charge in [0.2, 0.25) is 5.91 Å². The van der Waals surface area contributed by atoms with Gasteiger partial charge in [0.15, 0.2) is 0 Å². The molecule has 1 heterocycles. The predicted molar refractivity (Wildman–Crippen MR) is 87.3 cm³/mol. The van der Waals surface area contributed by atoms with Gasteiger partial charge in [-0.1, -0.05) is 44.2 Å². The molecule has 130 valence electrons. The maximum atomic E-state index is 12.7. The number of imide groups is 1. The molecule has 0 spiro atoms. The minimum absolute atomic E-state index is 0.125. The first-order valence-corrected chi connectivity index (χ1v) is 8.05. The van der Waals surface area contributed by atoms with E-state index in [2.05, 4.69) is 0 Å². The largest absolute Gasteiger partial charge is 0.469 e. The van der Waals surface area contributed by atoms with Crippen molar-refractivity contribution in [2.45, 2.75) is 38.6 Å². The number of ether oxygens (including phenoxy) is 2.